The minimum absolute atomic E-state index is 0.613. The van der Waals surface area contributed by atoms with Crippen LogP contribution in [0.25, 0.3) is 10.8 Å². The topological polar surface area (TPSA) is 37.3 Å². The molecule has 3 rings (SSSR count). The lowest BCUT2D eigenvalue weighted by Gasteiger charge is -2.18. The van der Waals surface area contributed by atoms with Crippen molar-refractivity contribution in [3.05, 3.63) is 78.4 Å². The van der Waals surface area contributed by atoms with Crippen molar-refractivity contribution in [2.45, 2.75) is 15.7 Å². The van der Waals surface area contributed by atoms with Crippen LogP contribution in [-0.2, 0) is 10.8 Å². The second kappa shape index (κ2) is 6.61. The van der Waals surface area contributed by atoms with E-state index in [0.29, 0.717) is 10.5 Å². The van der Waals surface area contributed by atoms with E-state index in [9.17, 15) is 9.32 Å². The van der Waals surface area contributed by atoms with Gasteiger partial charge in [-0.2, -0.15) is 0 Å². The quantitative estimate of drug-likeness (QED) is 0.726. The van der Waals surface area contributed by atoms with Crippen molar-refractivity contribution in [1.82, 2.24) is 0 Å². The van der Waals surface area contributed by atoms with Crippen molar-refractivity contribution in [1.29, 1.82) is 0 Å². The van der Waals surface area contributed by atoms with E-state index in [1.54, 1.807) is 24.3 Å². The van der Waals surface area contributed by atoms with Gasteiger partial charge in [-0.3, -0.25) is 4.21 Å². The van der Waals surface area contributed by atoms with Crippen molar-refractivity contribution in [3.8, 4) is 0 Å². The monoisotopic (exact) mass is 330 g/mol. The molecule has 0 amide bonds. The van der Waals surface area contributed by atoms with E-state index >= 15 is 0 Å². The summed E-state index contributed by atoms with van der Waals surface area (Å²) in [6, 6.07) is 22.4. The molecule has 0 aromatic heterocycles. The fourth-order valence-electron chi connectivity index (χ4n) is 2.45. The third kappa shape index (κ3) is 2.93. The Bertz CT molecular complexity index is 799. The minimum Gasteiger partial charge on any atom is -0.386 e. The van der Waals surface area contributed by atoms with E-state index in [4.69, 9.17) is 11.6 Å². The summed E-state index contributed by atoms with van der Waals surface area (Å²) in [5, 5.41) is 12.5. The molecule has 3 aromatic carbocycles. The van der Waals surface area contributed by atoms with Gasteiger partial charge in [0.1, 0.15) is 10.8 Å². The maximum atomic E-state index is 12.5. The fourth-order valence-corrected chi connectivity index (χ4v) is 3.96. The number of hydrogen-bond acceptors (Lipinski definition) is 2. The second-order valence-corrected chi connectivity index (χ2v) is 7.28. The third-order valence-electron chi connectivity index (χ3n) is 3.57. The van der Waals surface area contributed by atoms with Gasteiger partial charge in [-0.25, -0.2) is 0 Å². The first-order valence-corrected chi connectivity index (χ1v) is 8.59. The van der Waals surface area contributed by atoms with Gasteiger partial charge < -0.3 is 5.11 Å². The largest absolute Gasteiger partial charge is 0.386 e. The minimum atomic E-state index is -1.49. The van der Waals surface area contributed by atoms with E-state index in [1.165, 1.54) is 0 Å². The summed E-state index contributed by atoms with van der Waals surface area (Å²) < 4.78 is 11.6. The second-order valence-electron chi connectivity index (χ2n) is 4.97. The number of benzene rings is 3. The molecular weight excluding hydrogens is 316 g/mol. The zero-order valence-electron chi connectivity index (χ0n) is 11.7. The van der Waals surface area contributed by atoms with Crippen molar-refractivity contribution in [2.75, 3.05) is 0 Å². The zero-order chi connectivity index (χ0) is 15.5. The molecule has 0 fully saturated rings. The summed E-state index contributed by atoms with van der Waals surface area (Å²) >= 11 is 6.30. The molecule has 1 N–H and O–H groups in total. The van der Waals surface area contributed by atoms with E-state index in [2.05, 4.69) is 0 Å². The van der Waals surface area contributed by atoms with Crippen LogP contribution in [0.5, 0.6) is 0 Å². The summed E-state index contributed by atoms with van der Waals surface area (Å²) in [4.78, 5) is 0.613. The van der Waals surface area contributed by atoms with Crippen LogP contribution in [0.3, 0.4) is 0 Å². The van der Waals surface area contributed by atoms with Gasteiger partial charge >= 0.3 is 0 Å². The lowest BCUT2D eigenvalue weighted by Crippen LogP contribution is -2.18. The van der Waals surface area contributed by atoms with Crippen LogP contribution in [0.15, 0.2) is 77.7 Å². The van der Waals surface area contributed by atoms with Gasteiger partial charge in [0, 0.05) is 4.90 Å². The molecule has 2 nitrogen and oxygen atoms in total. The van der Waals surface area contributed by atoms with Crippen LogP contribution in [0, 0.1) is 0 Å². The number of alkyl halides is 1. The molecule has 112 valence electrons. The summed E-state index contributed by atoms with van der Waals surface area (Å²) in [6.45, 7) is 0. The van der Waals surface area contributed by atoms with E-state index in [0.717, 1.165) is 10.8 Å². The van der Waals surface area contributed by atoms with Crippen molar-refractivity contribution >= 4 is 33.2 Å². The number of fused-ring (bicyclic) bond motifs is 1. The van der Waals surface area contributed by atoms with E-state index in [-0.39, 0.29) is 0 Å². The highest BCUT2D eigenvalue weighted by molar-refractivity contribution is 7.87. The van der Waals surface area contributed by atoms with Crippen molar-refractivity contribution in [2.24, 2.45) is 0 Å². The molecule has 0 radical (unpaired) electrons. The molecule has 0 bridgehead atoms. The normalized spacial score (nSPS) is 15.4. The summed E-state index contributed by atoms with van der Waals surface area (Å²) in [5.41, 5.74) is 0.697. The molecule has 0 aliphatic heterocycles. The van der Waals surface area contributed by atoms with Crippen LogP contribution in [0.1, 0.15) is 11.7 Å². The Balaban J connectivity index is 1.95. The third-order valence-corrected chi connectivity index (χ3v) is 5.70. The summed E-state index contributed by atoms with van der Waals surface area (Å²) in [6.07, 6.45) is -1.01. The Labute approximate surface area is 136 Å². The average molecular weight is 331 g/mol. The molecule has 0 saturated carbocycles. The van der Waals surface area contributed by atoms with Crippen LogP contribution in [-0.4, -0.2) is 14.0 Å². The van der Waals surface area contributed by atoms with Crippen LogP contribution >= 0.6 is 11.6 Å². The Morgan fingerprint density at radius 3 is 2.27 bits per heavy atom. The predicted molar refractivity (Wildman–Crippen MR) is 91.4 cm³/mol. The average Bonchev–Trinajstić information content (AvgIpc) is 2.60. The fraction of sp³-hybridized carbons (Fsp3) is 0.111. The maximum Gasteiger partial charge on any atom is 0.143 e. The standard InChI is InChI=1S/C18H15ClO2S/c19-18(22(21)14-9-2-1-3-10-14)17(20)16-12-6-8-13-7-4-5-11-15(13)16/h1-12,17-18,20H. The number of hydrogen-bond donors (Lipinski definition) is 1. The molecular formula is C18H15ClO2S. The Kier molecular flexibility index (Phi) is 4.57. The first-order valence-electron chi connectivity index (χ1n) is 6.94. The number of halogens is 1. The van der Waals surface area contributed by atoms with Gasteiger partial charge in [-0.15, -0.1) is 11.6 Å². The first-order chi connectivity index (χ1) is 10.7. The van der Waals surface area contributed by atoms with Gasteiger partial charge in [-0.05, 0) is 28.5 Å². The molecule has 0 spiro atoms. The van der Waals surface area contributed by atoms with Gasteiger partial charge in [0.15, 0.2) is 0 Å². The summed E-state index contributed by atoms with van der Waals surface area (Å²) in [5.74, 6) is 0. The predicted octanol–water partition coefficient (Wildman–Crippen LogP) is 4.25. The Hall–Kier alpha value is -1.68. The molecule has 4 heteroatoms. The highest BCUT2D eigenvalue weighted by atomic mass is 35.5. The van der Waals surface area contributed by atoms with Crippen molar-refractivity contribution < 1.29 is 9.32 Å². The molecule has 0 aliphatic rings. The number of rotatable bonds is 4. The molecule has 0 aliphatic carbocycles. The molecule has 0 heterocycles. The van der Waals surface area contributed by atoms with Gasteiger partial charge in [0.05, 0.1) is 10.8 Å². The van der Waals surface area contributed by atoms with Gasteiger partial charge in [0.25, 0.3) is 0 Å². The highest BCUT2D eigenvalue weighted by Gasteiger charge is 2.26. The summed E-state index contributed by atoms with van der Waals surface area (Å²) in [7, 11) is -1.49. The Morgan fingerprint density at radius 1 is 0.864 bits per heavy atom. The molecule has 3 unspecified atom stereocenters. The SMILES string of the molecule is O=S(c1ccccc1)C(Cl)C(O)c1cccc2ccccc12. The smallest absolute Gasteiger partial charge is 0.143 e. The maximum absolute atomic E-state index is 12.5. The number of aliphatic hydroxyl groups is 1. The van der Waals surface area contributed by atoms with Gasteiger partial charge in [0.2, 0.25) is 0 Å². The zero-order valence-corrected chi connectivity index (χ0v) is 13.3. The van der Waals surface area contributed by atoms with Crippen LogP contribution in [0.4, 0.5) is 0 Å². The van der Waals surface area contributed by atoms with Crippen LogP contribution in [0.2, 0.25) is 0 Å². The highest BCUT2D eigenvalue weighted by Crippen LogP contribution is 2.31. The van der Waals surface area contributed by atoms with Gasteiger partial charge in [-0.1, -0.05) is 60.7 Å². The van der Waals surface area contributed by atoms with E-state index < -0.39 is 21.6 Å². The molecule has 3 aromatic rings. The molecule has 22 heavy (non-hydrogen) atoms. The number of aliphatic hydroxyl groups excluding tert-OH is 1. The lowest BCUT2D eigenvalue weighted by atomic mass is 10.0. The Morgan fingerprint density at radius 2 is 1.50 bits per heavy atom. The van der Waals surface area contributed by atoms with E-state index in [1.807, 2.05) is 48.5 Å². The van der Waals surface area contributed by atoms with Crippen LogP contribution < -0.4 is 0 Å². The molecule has 0 saturated heterocycles. The lowest BCUT2D eigenvalue weighted by molar-refractivity contribution is 0.195. The first kappa shape index (κ1) is 15.2. The molecule has 3 atom stereocenters. The van der Waals surface area contributed by atoms with Crippen molar-refractivity contribution in [3.63, 3.8) is 0 Å².